The molecule has 0 bridgehead atoms. The van der Waals surface area contributed by atoms with Gasteiger partial charge >= 0.3 is 0 Å². The van der Waals surface area contributed by atoms with Gasteiger partial charge in [0.1, 0.15) is 0 Å². The fourth-order valence-corrected chi connectivity index (χ4v) is 3.12. The predicted molar refractivity (Wildman–Crippen MR) is 72.8 cm³/mol. The highest BCUT2D eigenvalue weighted by atomic mass is 35.5. The van der Waals surface area contributed by atoms with Crippen molar-refractivity contribution in [3.63, 3.8) is 0 Å². The summed E-state index contributed by atoms with van der Waals surface area (Å²) in [4.78, 5) is 12.5. The van der Waals surface area contributed by atoms with E-state index >= 15 is 0 Å². The third-order valence-corrected chi connectivity index (χ3v) is 4.97. The van der Waals surface area contributed by atoms with Gasteiger partial charge in [0.2, 0.25) is 5.91 Å². The van der Waals surface area contributed by atoms with E-state index in [4.69, 9.17) is 11.6 Å². The van der Waals surface area contributed by atoms with E-state index in [1.165, 1.54) is 6.42 Å². The highest BCUT2D eigenvalue weighted by Gasteiger charge is 2.53. The van der Waals surface area contributed by atoms with Crippen LogP contribution in [0.4, 0.5) is 0 Å². The van der Waals surface area contributed by atoms with Crippen molar-refractivity contribution in [1.82, 2.24) is 5.32 Å². The monoisotopic (exact) mass is 263 g/mol. The third kappa shape index (κ3) is 1.83. The molecule has 0 atom stereocenters. The summed E-state index contributed by atoms with van der Waals surface area (Å²) < 4.78 is 0. The summed E-state index contributed by atoms with van der Waals surface area (Å²) in [7, 11) is 0. The third-order valence-electron chi connectivity index (χ3n) is 4.46. The van der Waals surface area contributed by atoms with Crippen LogP contribution in [0.15, 0.2) is 30.3 Å². The maximum Gasteiger partial charge on any atom is 0.231 e. The van der Waals surface area contributed by atoms with E-state index in [1.54, 1.807) is 0 Å². The number of halogens is 1. The lowest BCUT2D eigenvalue weighted by atomic mass is 9.77. The second kappa shape index (κ2) is 4.27. The molecule has 3 rings (SSSR count). The molecule has 3 heteroatoms. The van der Waals surface area contributed by atoms with Gasteiger partial charge in [0, 0.05) is 5.88 Å². The Morgan fingerprint density at radius 2 is 1.83 bits per heavy atom. The number of nitrogens with one attached hydrogen (secondary N) is 1. The van der Waals surface area contributed by atoms with Crippen LogP contribution in [0.5, 0.6) is 0 Å². The van der Waals surface area contributed by atoms with Crippen LogP contribution >= 0.6 is 11.6 Å². The van der Waals surface area contributed by atoms with Gasteiger partial charge in [-0.15, -0.1) is 11.6 Å². The Morgan fingerprint density at radius 1 is 1.17 bits per heavy atom. The molecule has 0 aromatic heterocycles. The summed E-state index contributed by atoms with van der Waals surface area (Å²) in [6, 6.07) is 10.1. The first kappa shape index (κ1) is 12.0. The van der Waals surface area contributed by atoms with E-state index < -0.39 is 0 Å². The molecule has 2 aliphatic rings. The summed E-state index contributed by atoms with van der Waals surface area (Å²) in [5, 5.41) is 3.21. The fourth-order valence-electron chi connectivity index (χ4n) is 2.79. The molecule has 2 nitrogen and oxygen atoms in total. The number of benzene rings is 1. The Bertz CT molecular complexity index is 443. The maximum absolute atomic E-state index is 12.5. The van der Waals surface area contributed by atoms with E-state index in [-0.39, 0.29) is 16.9 Å². The molecule has 1 aromatic carbocycles. The van der Waals surface area contributed by atoms with Crippen LogP contribution in [0.25, 0.3) is 0 Å². The largest absolute Gasteiger partial charge is 0.349 e. The first-order valence-corrected chi connectivity index (χ1v) is 7.18. The van der Waals surface area contributed by atoms with Crippen LogP contribution in [0.3, 0.4) is 0 Å². The van der Waals surface area contributed by atoms with Crippen molar-refractivity contribution in [2.45, 2.75) is 43.1 Å². The zero-order valence-electron chi connectivity index (χ0n) is 10.4. The Balaban J connectivity index is 1.77. The van der Waals surface area contributed by atoms with Gasteiger partial charge in [0.05, 0.1) is 11.0 Å². The molecule has 18 heavy (non-hydrogen) atoms. The summed E-state index contributed by atoms with van der Waals surface area (Å²) in [5.74, 6) is 0.706. The maximum atomic E-state index is 12.5. The van der Waals surface area contributed by atoms with Crippen LogP contribution in [0, 0.1) is 0 Å². The van der Waals surface area contributed by atoms with E-state index in [1.807, 2.05) is 18.2 Å². The molecular formula is C15H18ClNO. The average molecular weight is 264 g/mol. The van der Waals surface area contributed by atoms with Crippen molar-refractivity contribution in [2.24, 2.45) is 0 Å². The second-order valence-corrected chi connectivity index (χ2v) is 5.94. The SMILES string of the molecule is O=C(NC1(CCl)CCC1)C1(c2ccccc2)CC1. The van der Waals surface area contributed by atoms with Crippen molar-refractivity contribution in [3.8, 4) is 0 Å². The number of alkyl halides is 1. The number of carbonyl (C=O) groups is 1. The van der Waals surface area contributed by atoms with Gasteiger partial charge in [-0.05, 0) is 37.7 Å². The van der Waals surface area contributed by atoms with Gasteiger partial charge in [-0.2, -0.15) is 0 Å². The molecule has 96 valence electrons. The minimum Gasteiger partial charge on any atom is -0.349 e. The van der Waals surface area contributed by atoms with Gasteiger partial charge in [-0.1, -0.05) is 30.3 Å². The number of carbonyl (C=O) groups excluding carboxylic acids is 1. The number of amides is 1. The van der Waals surface area contributed by atoms with Crippen molar-refractivity contribution in [1.29, 1.82) is 0 Å². The average Bonchev–Trinajstić information content (AvgIpc) is 3.16. The fraction of sp³-hybridized carbons (Fsp3) is 0.533. The van der Waals surface area contributed by atoms with E-state index in [9.17, 15) is 4.79 Å². The Kier molecular flexibility index (Phi) is 2.86. The smallest absolute Gasteiger partial charge is 0.231 e. The van der Waals surface area contributed by atoms with Crippen LogP contribution in [-0.4, -0.2) is 17.3 Å². The molecule has 0 saturated heterocycles. The lowest BCUT2D eigenvalue weighted by molar-refractivity contribution is -0.126. The van der Waals surface area contributed by atoms with Crippen LogP contribution in [0.1, 0.15) is 37.7 Å². The van der Waals surface area contributed by atoms with Crippen LogP contribution in [0.2, 0.25) is 0 Å². The minimum atomic E-state index is -0.268. The van der Waals surface area contributed by atoms with Gasteiger partial charge in [-0.3, -0.25) is 4.79 Å². The van der Waals surface area contributed by atoms with Gasteiger partial charge < -0.3 is 5.32 Å². The first-order valence-electron chi connectivity index (χ1n) is 6.65. The highest BCUT2D eigenvalue weighted by molar-refractivity contribution is 6.19. The first-order chi connectivity index (χ1) is 8.71. The minimum absolute atomic E-state index is 0.122. The quantitative estimate of drug-likeness (QED) is 0.832. The van der Waals surface area contributed by atoms with Crippen LogP contribution in [-0.2, 0) is 10.2 Å². The number of hydrogen-bond donors (Lipinski definition) is 1. The molecule has 2 aliphatic carbocycles. The topological polar surface area (TPSA) is 29.1 Å². The lowest BCUT2D eigenvalue weighted by Crippen LogP contribution is -2.57. The number of rotatable bonds is 4. The van der Waals surface area contributed by atoms with Crippen LogP contribution < -0.4 is 5.32 Å². The molecule has 2 saturated carbocycles. The summed E-state index contributed by atoms with van der Waals surface area (Å²) >= 11 is 6.01. The Hall–Kier alpha value is -1.02. The lowest BCUT2D eigenvalue weighted by Gasteiger charge is -2.42. The Labute approximate surface area is 113 Å². The molecule has 1 N–H and O–H groups in total. The van der Waals surface area contributed by atoms with Gasteiger partial charge in [0.15, 0.2) is 0 Å². The van der Waals surface area contributed by atoms with E-state index in [0.717, 1.165) is 31.2 Å². The molecule has 0 heterocycles. The Morgan fingerprint density at radius 3 is 2.28 bits per heavy atom. The second-order valence-electron chi connectivity index (χ2n) is 5.67. The van der Waals surface area contributed by atoms with Crippen molar-refractivity contribution in [3.05, 3.63) is 35.9 Å². The molecule has 0 radical (unpaired) electrons. The highest BCUT2D eigenvalue weighted by Crippen LogP contribution is 2.49. The summed E-state index contributed by atoms with van der Waals surface area (Å²) in [5.41, 5.74) is 0.755. The molecule has 2 fully saturated rings. The number of hydrogen-bond acceptors (Lipinski definition) is 1. The molecule has 0 aliphatic heterocycles. The summed E-state index contributed by atoms with van der Waals surface area (Å²) in [6.07, 6.45) is 5.13. The zero-order chi connectivity index (χ0) is 12.6. The van der Waals surface area contributed by atoms with Gasteiger partial charge in [0.25, 0.3) is 0 Å². The molecule has 1 aromatic rings. The normalized spacial score (nSPS) is 22.9. The molecule has 1 amide bonds. The molecular weight excluding hydrogens is 246 g/mol. The van der Waals surface area contributed by atoms with E-state index in [0.29, 0.717) is 5.88 Å². The van der Waals surface area contributed by atoms with Crippen molar-refractivity contribution >= 4 is 17.5 Å². The standard InChI is InChI=1S/C15H18ClNO/c16-11-14(7-4-8-14)17-13(18)15(9-10-15)12-5-2-1-3-6-12/h1-3,5-6H,4,7-11H2,(H,17,18). The molecule has 0 unspecified atom stereocenters. The molecule has 0 spiro atoms. The van der Waals surface area contributed by atoms with Crippen molar-refractivity contribution < 1.29 is 4.79 Å². The van der Waals surface area contributed by atoms with Gasteiger partial charge in [-0.25, -0.2) is 0 Å². The van der Waals surface area contributed by atoms with E-state index in [2.05, 4.69) is 17.4 Å². The zero-order valence-corrected chi connectivity index (χ0v) is 11.2. The predicted octanol–water partition coefficient (Wildman–Crippen LogP) is 3.00. The van der Waals surface area contributed by atoms with Crippen molar-refractivity contribution in [2.75, 3.05) is 5.88 Å². The summed E-state index contributed by atoms with van der Waals surface area (Å²) in [6.45, 7) is 0.